The van der Waals surface area contributed by atoms with Gasteiger partial charge in [0.2, 0.25) is 10.0 Å². The minimum atomic E-state index is -3.35. The Morgan fingerprint density at radius 3 is 2.17 bits per heavy atom. The maximum atomic E-state index is 12.7. The molecule has 0 aliphatic carbocycles. The summed E-state index contributed by atoms with van der Waals surface area (Å²) in [5.74, 6) is 0.871. The molecule has 0 bridgehead atoms. The lowest BCUT2D eigenvalue weighted by atomic mass is 10.0. The van der Waals surface area contributed by atoms with Crippen molar-refractivity contribution in [3.8, 4) is 0 Å². The minimum Gasteiger partial charge on any atom is -0.298 e. The Labute approximate surface area is 143 Å². The third-order valence-electron chi connectivity index (χ3n) is 5.06. The van der Waals surface area contributed by atoms with Crippen LogP contribution in [-0.2, 0) is 16.6 Å². The van der Waals surface area contributed by atoms with Crippen molar-refractivity contribution in [2.45, 2.75) is 11.4 Å². The fourth-order valence-corrected chi connectivity index (χ4v) is 5.44. The first-order chi connectivity index (χ1) is 11.6. The van der Waals surface area contributed by atoms with Gasteiger partial charge in [0.05, 0.1) is 4.90 Å². The van der Waals surface area contributed by atoms with E-state index < -0.39 is 10.0 Å². The van der Waals surface area contributed by atoms with Gasteiger partial charge in [-0.3, -0.25) is 9.88 Å². The maximum absolute atomic E-state index is 12.7. The largest absolute Gasteiger partial charge is 0.298 e. The normalized spacial score (nSPS) is 25.0. The first-order valence-corrected chi connectivity index (χ1v) is 9.73. The molecule has 0 spiro atoms. The highest BCUT2D eigenvalue weighted by Crippen LogP contribution is 2.34. The predicted molar refractivity (Wildman–Crippen MR) is 91.7 cm³/mol. The SMILES string of the molecule is O=S(=O)(c1ccccc1)N1C[C@H]2CN(Cc3ccncc3)C[C@H]2C1. The van der Waals surface area contributed by atoms with E-state index in [4.69, 9.17) is 0 Å². The monoisotopic (exact) mass is 343 g/mol. The molecule has 0 saturated carbocycles. The number of benzene rings is 1. The van der Waals surface area contributed by atoms with Crippen molar-refractivity contribution < 1.29 is 8.42 Å². The van der Waals surface area contributed by atoms with Crippen molar-refractivity contribution in [1.82, 2.24) is 14.2 Å². The van der Waals surface area contributed by atoms with Crippen LogP contribution in [0.4, 0.5) is 0 Å². The first kappa shape index (κ1) is 15.7. The van der Waals surface area contributed by atoms with Crippen molar-refractivity contribution in [1.29, 1.82) is 0 Å². The fourth-order valence-electron chi connectivity index (χ4n) is 3.86. The minimum absolute atomic E-state index is 0.401. The van der Waals surface area contributed by atoms with Crippen LogP contribution in [0.1, 0.15) is 5.56 Å². The molecule has 1 aromatic carbocycles. The molecule has 2 fully saturated rings. The Bertz CT molecular complexity index is 782. The second kappa shape index (κ2) is 6.27. The highest BCUT2D eigenvalue weighted by molar-refractivity contribution is 7.89. The summed E-state index contributed by atoms with van der Waals surface area (Å²) in [6.07, 6.45) is 3.64. The van der Waals surface area contributed by atoms with E-state index in [1.165, 1.54) is 5.56 Å². The molecular formula is C18H21N3O2S. The van der Waals surface area contributed by atoms with E-state index in [-0.39, 0.29) is 0 Å². The van der Waals surface area contributed by atoms with E-state index in [0.717, 1.165) is 19.6 Å². The van der Waals surface area contributed by atoms with Crippen LogP contribution in [0.2, 0.25) is 0 Å². The third kappa shape index (κ3) is 2.97. The van der Waals surface area contributed by atoms with E-state index in [1.54, 1.807) is 28.6 Å². The third-order valence-corrected chi connectivity index (χ3v) is 6.91. The number of hydrogen-bond donors (Lipinski definition) is 0. The zero-order valence-corrected chi connectivity index (χ0v) is 14.3. The average Bonchev–Trinajstić information content (AvgIpc) is 3.15. The molecule has 2 aliphatic rings. The van der Waals surface area contributed by atoms with Gasteiger partial charge >= 0.3 is 0 Å². The van der Waals surface area contributed by atoms with Crippen LogP contribution in [0, 0.1) is 11.8 Å². The summed E-state index contributed by atoms with van der Waals surface area (Å²) >= 11 is 0. The van der Waals surface area contributed by atoms with Crippen molar-refractivity contribution in [2.75, 3.05) is 26.2 Å². The Balaban J connectivity index is 1.41. The van der Waals surface area contributed by atoms with Gasteiger partial charge in [0.25, 0.3) is 0 Å². The Morgan fingerprint density at radius 1 is 0.917 bits per heavy atom. The standard InChI is InChI=1S/C18H21N3O2S/c22-24(23,18-4-2-1-3-5-18)21-13-16-11-20(12-17(16)14-21)10-15-6-8-19-9-7-15/h1-9,16-17H,10-14H2/t16-,17+. The van der Waals surface area contributed by atoms with Crippen molar-refractivity contribution in [3.05, 3.63) is 60.4 Å². The van der Waals surface area contributed by atoms with E-state index in [0.29, 0.717) is 29.8 Å². The lowest BCUT2D eigenvalue weighted by Gasteiger charge is -2.21. The van der Waals surface area contributed by atoms with Crippen LogP contribution in [0.3, 0.4) is 0 Å². The first-order valence-electron chi connectivity index (χ1n) is 8.29. The molecule has 3 heterocycles. The number of pyridine rings is 1. The molecule has 4 rings (SSSR count). The van der Waals surface area contributed by atoms with Crippen LogP contribution in [0.25, 0.3) is 0 Å². The van der Waals surface area contributed by atoms with Gasteiger partial charge in [0, 0.05) is 45.1 Å². The van der Waals surface area contributed by atoms with Gasteiger partial charge in [-0.25, -0.2) is 8.42 Å². The Morgan fingerprint density at radius 2 is 1.54 bits per heavy atom. The summed E-state index contributed by atoms with van der Waals surface area (Å²) in [5, 5.41) is 0. The van der Waals surface area contributed by atoms with Gasteiger partial charge in [-0.1, -0.05) is 18.2 Å². The maximum Gasteiger partial charge on any atom is 0.243 e. The quantitative estimate of drug-likeness (QED) is 0.850. The van der Waals surface area contributed by atoms with E-state index >= 15 is 0 Å². The molecule has 24 heavy (non-hydrogen) atoms. The van der Waals surface area contributed by atoms with Crippen LogP contribution >= 0.6 is 0 Å². The van der Waals surface area contributed by atoms with Crippen molar-refractivity contribution >= 4 is 10.0 Å². The van der Waals surface area contributed by atoms with Gasteiger partial charge in [0.1, 0.15) is 0 Å². The van der Waals surface area contributed by atoms with Crippen LogP contribution in [0.5, 0.6) is 0 Å². The van der Waals surface area contributed by atoms with E-state index in [9.17, 15) is 8.42 Å². The molecule has 0 amide bonds. The number of aromatic nitrogens is 1. The van der Waals surface area contributed by atoms with Gasteiger partial charge in [-0.05, 0) is 41.7 Å². The molecule has 0 unspecified atom stereocenters. The van der Waals surface area contributed by atoms with E-state index in [2.05, 4.69) is 9.88 Å². The second-order valence-electron chi connectivity index (χ2n) is 6.70. The number of nitrogens with zero attached hydrogens (tertiary/aromatic N) is 3. The molecule has 2 aliphatic heterocycles. The molecule has 2 aromatic rings. The summed E-state index contributed by atoms with van der Waals surface area (Å²) in [4.78, 5) is 6.88. The van der Waals surface area contributed by atoms with Gasteiger partial charge in [0.15, 0.2) is 0 Å². The molecule has 6 heteroatoms. The van der Waals surface area contributed by atoms with Gasteiger partial charge in [-0.15, -0.1) is 0 Å². The molecule has 1 aromatic heterocycles. The molecular weight excluding hydrogens is 322 g/mol. The van der Waals surface area contributed by atoms with Crippen LogP contribution in [-0.4, -0.2) is 48.8 Å². The van der Waals surface area contributed by atoms with Crippen molar-refractivity contribution in [3.63, 3.8) is 0 Å². The smallest absolute Gasteiger partial charge is 0.243 e. The predicted octanol–water partition coefficient (Wildman–Crippen LogP) is 1.83. The zero-order valence-electron chi connectivity index (χ0n) is 13.5. The molecule has 0 radical (unpaired) electrons. The summed E-state index contributed by atoms with van der Waals surface area (Å²) in [6, 6.07) is 12.8. The average molecular weight is 343 g/mol. The number of sulfonamides is 1. The number of fused-ring (bicyclic) bond motifs is 1. The van der Waals surface area contributed by atoms with Crippen LogP contribution in [0.15, 0.2) is 59.8 Å². The van der Waals surface area contributed by atoms with Gasteiger partial charge in [-0.2, -0.15) is 4.31 Å². The summed E-state index contributed by atoms with van der Waals surface area (Å²) in [5.41, 5.74) is 1.26. The fraction of sp³-hybridized carbons (Fsp3) is 0.389. The molecule has 0 N–H and O–H groups in total. The summed E-state index contributed by atoms with van der Waals surface area (Å²) in [6.45, 7) is 4.12. The summed E-state index contributed by atoms with van der Waals surface area (Å²) in [7, 11) is -3.35. The Kier molecular flexibility index (Phi) is 4.12. The molecule has 5 nitrogen and oxygen atoms in total. The topological polar surface area (TPSA) is 53.5 Å². The Hall–Kier alpha value is -1.76. The lowest BCUT2D eigenvalue weighted by Crippen LogP contribution is -2.33. The zero-order chi connectivity index (χ0) is 16.6. The summed E-state index contributed by atoms with van der Waals surface area (Å²) < 4.78 is 27.2. The van der Waals surface area contributed by atoms with Crippen LogP contribution < -0.4 is 0 Å². The molecule has 2 saturated heterocycles. The highest BCUT2D eigenvalue weighted by Gasteiger charge is 2.44. The number of hydrogen-bond acceptors (Lipinski definition) is 4. The second-order valence-corrected chi connectivity index (χ2v) is 8.64. The van der Waals surface area contributed by atoms with Gasteiger partial charge < -0.3 is 0 Å². The lowest BCUT2D eigenvalue weighted by molar-refractivity contribution is 0.289. The molecule has 126 valence electrons. The van der Waals surface area contributed by atoms with Crippen molar-refractivity contribution in [2.24, 2.45) is 11.8 Å². The van der Waals surface area contributed by atoms with E-state index in [1.807, 2.05) is 30.6 Å². The highest BCUT2D eigenvalue weighted by atomic mass is 32.2. The number of rotatable bonds is 4. The molecule has 2 atom stereocenters. The number of likely N-dealkylation sites (tertiary alicyclic amines) is 1.